The number of carbonyl (C=O) groups excluding carboxylic acids is 1. The van der Waals surface area contributed by atoms with Gasteiger partial charge in [-0.1, -0.05) is 30.3 Å². The fourth-order valence-electron chi connectivity index (χ4n) is 5.37. The predicted octanol–water partition coefficient (Wildman–Crippen LogP) is 2.49. The van der Waals surface area contributed by atoms with Crippen molar-refractivity contribution in [3.05, 3.63) is 59.9 Å². The number of likely N-dealkylation sites (tertiary alicyclic amines) is 1. The summed E-state index contributed by atoms with van der Waals surface area (Å²) in [5.74, 6) is 0.800. The van der Waals surface area contributed by atoms with Crippen LogP contribution in [0.4, 0.5) is 0 Å². The first-order valence-electron chi connectivity index (χ1n) is 9.47. The molecule has 0 unspecified atom stereocenters. The van der Waals surface area contributed by atoms with Gasteiger partial charge in [-0.15, -0.1) is 0 Å². The molecule has 0 spiro atoms. The van der Waals surface area contributed by atoms with Crippen LogP contribution in [0.15, 0.2) is 48.8 Å². The molecule has 1 N–H and O–H groups in total. The van der Waals surface area contributed by atoms with Crippen LogP contribution in [0.25, 0.3) is 0 Å². The molecule has 4 aliphatic heterocycles. The molecule has 5 nitrogen and oxygen atoms in total. The van der Waals surface area contributed by atoms with Gasteiger partial charge in [-0.3, -0.25) is 14.7 Å². The second-order valence-electron chi connectivity index (χ2n) is 7.72. The van der Waals surface area contributed by atoms with Gasteiger partial charge >= 0.3 is 0 Å². The van der Waals surface area contributed by atoms with Gasteiger partial charge in [0.2, 0.25) is 0 Å². The topological polar surface area (TPSA) is 56.7 Å². The molecule has 0 aliphatic carbocycles. The van der Waals surface area contributed by atoms with Gasteiger partial charge in [0, 0.05) is 24.7 Å². The molecule has 2 bridgehead atoms. The Kier molecular flexibility index (Phi) is 3.71. The monoisotopic (exact) mass is 349 g/mol. The van der Waals surface area contributed by atoms with E-state index in [2.05, 4.69) is 34.1 Å². The number of piperidine rings is 3. The van der Waals surface area contributed by atoms with Crippen molar-refractivity contribution in [2.75, 3.05) is 19.6 Å². The Hall–Kier alpha value is -2.40. The Balaban J connectivity index is 1.54. The van der Waals surface area contributed by atoms with Crippen LogP contribution in [0, 0.1) is 5.92 Å². The van der Waals surface area contributed by atoms with Gasteiger partial charge in [0.1, 0.15) is 5.75 Å². The van der Waals surface area contributed by atoms with E-state index in [9.17, 15) is 9.90 Å². The summed E-state index contributed by atoms with van der Waals surface area (Å²) >= 11 is 0. The molecular weight excluding hydrogens is 326 g/mol. The fraction of sp³-hybridized carbons (Fsp3) is 0.429. The Labute approximate surface area is 153 Å². The van der Waals surface area contributed by atoms with Crippen molar-refractivity contribution in [1.29, 1.82) is 0 Å². The van der Waals surface area contributed by atoms with Crippen LogP contribution < -0.4 is 0 Å². The molecule has 6 rings (SSSR count). The molecule has 134 valence electrons. The molecule has 2 aromatic rings. The van der Waals surface area contributed by atoms with Crippen molar-refractivity contribution < 1.29 is 9.90 Å². The van der Waals surface area contributed by atoms with Crippen LogP contribution in [-0.4, -0.2) is 57.5 Å². The van der Waals surface area contributed by atoms with E-state index in [1.807, 2.05) is 11.0 Å². The average Bonchev–Trinajstić information content (AvgIpc) is 3.12. The van der Waals surface area contributed by atoms with Crippen molar-refractivity contribution in [1.82, 2.24) is 14.8 Å². The number of carbonyl (C=O) groups is 1. The third-order valence-corrected chi connectivity index (χ3v) is 6.51. The quantitative estimate of drug-likeness (QED) is 0.905. The molecular formula is C21H23N3O2. The first kappa shape index (κ1) is 15.8. The minimum atomic E-state index is -0.0629. The smallest absolute Gasteiger partial charge is 0.258 e. The summed E-state index contributed by atoms with van der Waals surface area (Å²) in [7, 11) is 0. The average molecular weight is 349 g/mol. The second kappa shape index (κ2) is 6.09. The third kappa shape index (κ3) is 2.34. The number of rotatable bonds is 2. The molecule has 4 saturated heterocycles. The van der Waals surface area contributed by atoms with Crippen molar-refractivity contribution in [2.45, 2.75) is 30.8 Å². The number of amides is 1. The summed E-state index contributed by atoms with van der Waals surface area (Å²) in [5.41, 5.74) is 1.67. The summed E-state index contributed by atoms with van der Waals surface area (Å²) in [5, 5.41) is 10.1. The molecule has 0 saturated carbocycles. The van der Waals surface area contributed by atoms with Crippen molar-refractivity contribution in [3.8, 4) is 5.75 Å². The summed E-state index contributed by atoms with van der Waals surface area (Å²) in [6.07, 6.45) is 5.25. The van der Waals surface area contributed by atoms with Gasteiger partial charge in [-0.2, -0.15) is 0 Å². The minimum absolute atomic E-state index is 0.0292. The Morgan fingerprint density at radius 1 is 1.08 bits per heavy atom. The molecule has 4 fully saturated rings. The predicted molar refractivity (Wildman–Crippen MR) is 98.0 cm³/mol. The van der Waals surface area contributed by atoms with Crippen LogP contribution in [0.3, 0.4) is 0 Å². The van der Waals surface area contributed by atoms with Crippen molar-refractivity contribution in [3.63, 3.8) is 0 Å². The van der Waals surface area contributed by atoms with Gasteiger partial charge in [-0.25, -0.2) is 0 Å². The lowest BCUT2D eigenvalue weighted by Gasteiger charge is -2.51. The highest BCUT2D eigenvalue weighted by atomic mass is 16.3. The maximum absolute atomic E-state index is 13.3. The number of aromatic nitrogens is 1. The lowest BCUT2D eigenvalue weighted by Crippen LogP contribution is -2.60. The number of benzene rings is 1. The van der Waals surface area contributed by atoms with E-state index in [0.29, 0.717) is 30.0 Å². The van der Waals surface area contributed by atoms with Gasteiger partial charge in [0.05, 0.1) is 17.8 Å². The van der Waals surface area contributed by atoms with Crippen LogP contribution in [0.5, 0.6) is 5.75 Å². The molecule has 26 heavy (non-hydrogen) atoms. The van der Waals surface area contributed by atoms with Crippen LogP contribution >= 0.6 is 0 Å². The van der Waals surface area contributed by atoms with Gasteiger partial charge in [0.25, 0.3) is 5.91 Å². The number of aromatic hydroxyl groups is 1. The van der Waals surface area contributed by atoms with E-state index < -0.39 is 0 Å². The Bertz CT molecular complexity index is 817. The minimum Gasteiger partial charge on any atom is -0.505 e. The lowest BCUT2D eigenvalue weighted by atomic mass is 9.75. The molecule has 1 aromatic carbocycles. The maximum Gasteiger partial charge on any atom is 0.258 e. The summed E-state index contributed by atoms with van der Waals surface area (Å²) < 4.78 is 0. The largest absolute Gasteiger partial charge is 0.505 e. The van der Waals surface area contributed by atoms with Crippen LogP contribution in [0.1, 0.15) is 34.7 Å². The van der Waals surface area contributed by atoms with Crippen molar-refractivity contribution in [2.24, 2.45) is 5.92 Å². The van der Waals surface area contributed by atoms with Gasteiger partial charge < -0.3 is 10.0 Å². The molecule has 3 atom stereocenters. The number of hydrogen-bond acceptors (Lipinski definition) is 4. The van der Waals surface area contributed by atoms with E-state index in [1.165, 1.54) is 11.8 Å². The number of nitrogens with zero attached hydrogens (tertiary/aromatic N) is 3. The molecule has 5 heterocycles. The van der Waals surface area contributed by atoms with E-state index in [4.69, 9.17) is 0 Å². The van der Waals surface area contributed by atoms with Gasteiger partial charge in [-0.05, 0) is 43.5 Å². The maximum atomic E-state index is 13.3. The Morgan fingerprint density at radius 3 is 2.58 bits per heavy atom. The van der Waals surface area contributed by atoms with Gasteiger partial charge in [0.15, 0.2) is 0 Å². The SMILES string of the molecule is O=C(c1ccncc1O)N1C[C@@H](c2ccccc2)[C@@H]2[C@H]1C1CCN2CC1. The molecule has 5 heteroatoms. The van der Waals surface area contributed by atoms with E-state index >= 15 is 0 Å². The van der Waals surface area contributed by atoms with Crippen LogP contribution in [-0.2, 0) is 0 Å². The second-order valence-corrected chi connectivity index (χ2v) is 7.72. The molecule has 1 aromatic heterocycles. The van der Waals surface area contributed by atoms with E-state index in [-0.39, 0.29) is 17.7 Å². The first-order valence-corrected chi connectivity index (χ1v) is 9.47. The first-order chi connectivity index (χ1) is 12.7. The highest BCUT2D eigenvalue weighted by Crippen LogP contribution is 2.47. The highest BCUT2D eigenvalue weighted by molar-refractivity contribution is 5.97. The zero-order valence-corrected chi connectivity index (χ0v) is 14.7. The summed E-state index contributed by atoms with van der Waals surface area (Å²) in [4.78, 5) is 21.8. The highest BCUT2D eigenvalue weighted by Gasteiger charge is 2.54. The normalized spacial score (nSPS) is 32.5. The Morgan fingerprint density at radius 2 is 1.85 bits per heavy atom. The number of pyridine rings is 1. The van der Waals surface area contributed by atoms with E-state index in [1.54, 1.807) is 12.3 Å². The zero-order chi connectivity index (χ0) is 17.7. The standard InChI is InChI=1S/C21H23N3O2/c25-18-12-22-9-6-16(18)21(26)24-13-17(14-4-2-1-3-5-14)20-19(24)15-7-10-23(20)11-8-15/h1-6,9,12,15,17,19-20,25H,7-8,10-11,13H2/t17-,19+,20+/m0/s1. The lowest BCUT2D eigenvalue weighted by molar-refractivity contribution is -0.00348. The summed E-state index contributed by atoms with van der Waals surface area (Å²) in [6, 6.07) is 12.8. The molecule has 4 aliphatic rings. The molecule has 0 radical (unpaired) electrons. The number of hydrogen-bond donors (Lipinski definition) is 1. The van der Waals surface area contributed by atoms with E-state index in [0.717, 1.165) is 25.9 Å². The zero-order valence-electron chi connectivity index (χ0n) is 14.7. The molecule has 1 amide bonds. The number of fused-ring (bicyclic) bond motifs is 2. The third-order valence-electron chi connectivity index (χ3n) is 6.51. The summed E-state index contributed by atoms with van der Waals surface area (Å²) in [6.45, 7) is 2.99. The van der Waals surface area contributed by atoms with Crippen molar-refractivity contribution >= 4 is 5.91 Å². The van der Waals surface area contributed by atoms with Crippen LogP contribution in [0.2, 0.25) is 0 Å². The fourth-order valence-corrected chi connectivity index (χ4v) is 5.37.